The van der Waals surface area contributed by atoms with Gasteiger partial charge >= 0.3 is 0 Å². The molecule has 2 nitrogen and oxygen atoms in total. The van der Waals surface area contributed by atoms with Crippen LogP contribution in [0.4, 0.5) is 8.78 Å². The molecule has 4 heteroatoms. The number of rotatable bonds is 2. The molecule has 0 bridgehead atoms. The lowest BCUT2D eigenvalue weighted by Gasteiger charge is -2.05. The van der Waals surface area contributed by atoms with E-state index in [0.717, 1.165) is 0 Å². The maximum Gasteiger partial charge on any atom is 0.264 e. The average Bonchev–Trinajstić information content (AvgIpc) is 2.05. The Hall–Kier alpha value is -1.19. The smallest absolute Gasteiger partial charge is 0.264 e. The van der Waals surface area contributed by atoms with Gasteiger partial charge in [0.1, 0.15) is 0 Å². The van der Waals surface area contributed by atoms with Crippen LogP contribution in [0.5, 0.6) is 5.88 Å². The molecule has 0 radical (unpaired) electrons. The van der Waals surface area contributed by atoms with Crippen LogP contribution in [0.3, 0.4) is 0 Å². The van der Waals surface area contributed by atoms with E-state index >= 15 is 0 Å². The second kappa shape index (κ2) is 3.47. The van der Waals surface area contributed by atoms with Crippen molar-refractivity contribution in [3.05, 3.63) is 23.4 Å². The summed E-state index contributed by atoms with van der Waals surface area (Å²) in [7, 11) is 1.40. The summed E-state index contributed by atoms with van der Waals surface area (Å²) in [4.78, 5) is 3.78. The summed E-state index contributed by atoms with van der Waals surface area (Å²) < 4.78 is 29.2. The standard InChI is InChI=1S/C8H9F2NO/c1-5-4-11-7(12-2)3-6(5)8(9)10/h3-4,8H,1-2H3. The van der Waals surface area contributed by atoms with E-state index in [-0.39, 0.29) is 11.4 Å². The van der Waals surface area contributed by atoms with Crippen LogP contribution in [0.1, 0.15) is 17.6 Å². The van der Waals surface area contributed by atoms with Crippen LogP contribution in [-0.2, 0) is 0 Å². The van der Waals surface area contributed by atoms with Gasteiger partial charge in [-0.1, -0.05) is 0 Å². The zero-order chi connectivity index (χ0) is 9.14. The lowest BCUT2D eigenvalue weighted by molar-refractivity contribution is 0.150. The number of aromatic nitrogens is 1. The number of halogens is 2. The highest BCUT2D eigenvalue weighted by Crippen LogP contribution is 2.24. The van der Waals surface area contributed by atoms with Crippen LogP contribution in [0.2, 0.25) is 0 Å². The van der Waals surface area contributed by atoms with Crippen molar-refractivity contribution in [3.8, 4) is 5.88 Å². The van der Waals surface area contributed by atoms with Crippen LogP contribution in [0, 0.1) is 6.92 Å². The van der Waals surface area contributed by atoms with Gasteiger partial charge in [0.25, 0.3) is 6.43 Å². The summed E-state index contributed by atoms with van der Waals surface area (Å²) in [5.74, 6) is 0.218. The second-order valence-electron chi connectivity index (χ2n) is 2.38. The summed E-state index contributed by atoms with van der Waals surface area (Å²) in [5.41, 5.74) is 0.452. The highest BCUT2D eigenvalue weighted by Gasteiger charge is 2.11. The fourth-order valence-electron chi connectivity index (χ4n) is 0.866. The molecule has 0 spiro atoms. The Morgan fingerprint density at radius 3 is 2.67 bits per heavy atom. The Kier molecular flexibility index (Phi) is 2.58. The zero-order valence-electron chi connectivity index (χ0n) is 6.84. The molecule has 1 aromatic rings. The number of hydrogen-bond donors (Lipinski definition) is 0. The van der Waals surface area contributed by atoms with Crippen molar-refractivity contribution >= 4 is 0 Å². The molecule has 1 rings (SSSR count). The van der Waals surface area contributed by atoms with E-state index in [4.69, 9.17) is 4.74 Å². The Morgan fingerprint density at radius 2 is 2.17 bits per heavy atom. The van der Waals surface area contributed by atoms with Crippen LogP contribution < -0.4 is 4.74 Å². The third kappa shape index (κ3) is 1.69. The van der Waals surface area contributed by atoms with Crippen LogP contribution in [-0.4, -0.2) is 12.1 Å². The van der Waals surface area contributed by atoms with Gasteiger partial charge in [-0.2, -0.15) is 0 Å². The molecule has 0 saturated heterocycles. The minimum Gasteiger partial charge on any atom is -0.481 e. The van der Waals surface area contributed by atoms with Crippen molar-refractivity contribution in [1.29, 1.82) is 0 Å². The van der Waals surface area contributed by atoms with Gasteiger partial charge in [0, 0.05) is 17.8 Å². The Labute approximate surface area is 69.2 Å². The summed E-state index contributed by atoms with van der Waals surface area (Å²) >= 11 is 0. The number of pyridine rings is 1. The predicted molar refractivity (Wildman–Crippen MR) is 40.5 cm³/mol. The summed E-state index contributed by atoms with van der Waals surface area (Å²) in [5, 5.41) is 0. The fourth-order valence-corrected chi connectivity index (χ4v) is 0.866. The van der Waals surface area contributed by atoms with Gasteiger partial charge in [-0.05, 0) is 12.5 Å². The van der Waals surface area contributed by atoms with Crippen LogP contribution in [0.15, 0.2) is 12.3 Å². The highest BCUT2D eigenvalue weighted by atomic mass is 19.3. The van der Waals surface area contributed by atoms with Crippen molar-refractivity contribution in [2.45, 2.75) is 13.3 Å². The maximum absolute atomic E-state index is 12.3. The second-order valence-corrected chi connectivity index (χ2v) is 2.38. The minimum atomic E-state index is -2.47. The molecule has 0 aliphatic carbocycles. The number of hydrogen-bond acceptors (Lipinski definition) is 2. The van der Waals surface area contributed by atoms with E-state index in [1.807, 2.05) is 0 Å². The molecule has 1 heterocycles. The number of aryl methyl sites for hydroxylation is 1. The fraction of sp³-hybridized carbons (Fsp3) is 0.375. The Bertz CT molecular complexity index is 276. The van der Waals surface area contributed by atoms with Gasteiger partial charge in [0.15, 0.2) is 0 Å². The van der Waals surface area contributed by atoms with Crippen LogP contribution >= 0.6 is 0 Å². The van der Waals surface area contributed by atoms with E-state index < -0.39 is 6.43 Å². The predicted octanol–water partition coefficient (Wildman–Crippen LogP) is 2.34. The van der Waals surface area contributed by atoms with E-state index in [9.17, 15) is 8.78 Å². The molecule has 0 N–H and O–H groups in total. The lowest BCUT2D eigenvalue weighted by atomic mass is 10.2. The van der Waals surface area contributed by atoms with Gasteiger partial charge in [-0.3, -0.25) is 0 Å². The molecular weight excluding hydrogens is 164 g/mol. The third-order valence-electron chi connectivity index (χ3n) is 1.56. The topological polar surface area (TPSA) is 22.1 Å². The first-order chi connectivity index (χ1) is 5.65. The van der Waals surface area contributed by atoms with E-state index in [1.54, 1.807) is 6.92 Å². The lowest BCUT2D eigenvalue weighted by Crippen LogP contribution is -1.94. The number of ether oxygens (including phenoxy) is 1. The highest BCUT2D eigenvalue weighted by molar-refractivity contribution is 5.29. The van der Waals surface area contributed by atoms with Crippen LogP contribution in [0.25, 0.3) is 0 Å². The minimum absolute atomic E-state index is 0.0261. The molecular formula is C8H9F2NO. The third-order valence-corrected chi connectivity index (χ3v) is 1.56. The molecule has 0 atom stereocenters. The van der Waals surface area contributed by atoms with Gasteiger partial charge < -0.3 is 4.74 Å². The molecule has 0 amide bonds. The van der Waals surface area contributed by atoms with Gasteiger partial charge in [0.2, 0.25) is 5.88 Å². The quantitative estimate of drug-likeness (QED) is 0.684. The van der Waals surface area contributed by atoms with Gasteiger partial charge in [0.05, 0.1) is 7.11 Å². The van der Waals surface area contributed by atoms with E-state index in [2.05, 4.69) is 4.98 Å². The molecule has 0 fully saturated rings. The van der Waals surface area contributed by atoms with Gasteiger partial charge in [-0.25, -0.2) is 13.8 Å². The molecule has 0 aromatic carbocycles. The number of alkyl halides is 2. The summed E-state index contributed by atoms with van der Waals surface area (Å²) in [6, 6.07) is 1.25. The molecule has 0 aliphatic heterocycles. The van der Waals surface area contributed by atoms with Gasteiger partial charge in [-0.15, -0.1) is 0 Å². The molecule has 1 aromatic heterocycles. The molecule has 0 saturated carbocycles. The number of nitrogens with zero attached hydrogens (tertiary/aromatic N) is 1. The molecule has 0 aliphatic rings. The van der Waals surface area contributed by atoms with Crippen molar-refractivity contribution in [2.24, 2.45) is 0 Å². The molecule has 66 valence electrons. The first-order valence-electron chi connectivity index (χ1n) is 3.44. The van der Waals surface area contributed by atoms with Crippen molar-refractivity contribution in [3.63, 3.8) is 0 Å². The van der Waals surface area contributed by atoms with E-state index in [0.29, 0.717) is 5.56 Å². The number of methoxy groups -OCH3 is 1. The monoisotopic (exact) mass is 173 g/mol. The van der Waals surface area contributed by atoms with Crippen molar-refractivity contribution in [1.82, 2.24) is 4.98 Å². The van der Waals surface area contributed by atoms with E-state index in [1.165, 1.54) is 19.4 Å². The zero-order valence-corrected chi connectivity index (χ0v) is 6.84. The first-order valence-corrected chi connectivity index (χ1v) is 3.44. The SMILES string of the molecule is COc1cc(C(F)F)c(C)cn1. The van der Waals surface area contributed by atoms with Crippen molar-refractivity contribution in [2.75, 3.05) is 7.11 Å². The molecule has 12 heavy (non-hydrogen) atoms. The van der Waals surface area contributed by atoms with Crippen molar-refractivity contribution < 1.29 is 13.5 Å². The molecule has 0 unspecified atom stereocenters. The Morgan fingerprint density at radius 1 is 1.50 bits per heavy atom. The maximum atomic E-state index is 12.3. The summed E-state index contributed by atoms with van der Waals surface area (Å²) in [6.45, 7) is 1.59. The average molecular weight is 173 g/mol. The summed E-state index contributed by atoms with van der Waals surface area (Å²) in [6.07, 6.45) is -1.10. The largest absolute Gasteiger partial charge is 0.481 e. The Balaban J connectivity index is 3.08. The normalized spacial score (nSPS) is 10.4. The first kappa shape index (κ1) is 8.90.